The maximum Gasteiger partial charge on any atom is 0.257 e. The Balaban J connectivity index is 1.62. The Morgan fingerprint density at radius 1 is 0.917 bits per heavy atom. The molecule has 1 saturated heterocycles. The van der Waals surface area contributed by atoms with E-state index in [2.05, 4.69) is 0 Å². The molecule has 36 heavy (non-hydrogen) atoms. The van der Waals surface area contributed by atoms with Crippen LogP contribution in [0.4, 0.5) is 5.69 Å². The fourth-order valence-electron chi connectivity index (χ4n) is 4.18. The predicted molar refractivity (Wildman–Crippen MR) is 136 cm³/mol. The van der Waals surface area contributed by atoms with Crippen LogP contribution in [0.25, 0.3) is 0 Å². The number of sulfonamides is 1. The molecule has 0 radical (unpaired) electrons. The van der Waals surface area contributed by atoms with Gasteiger partial charge in [0.2, 0.25) is 15.9 Å². The third kappa shape index (κ3) is 5.37. The number of carbonyl (C=O) groups excluding carboxylic acids is 3. The highest BCUT2D eigenvalue weighted by Gasteiger charge is 2.44. The van der Waals surface area contributed by atoms with Crippen molar-refractivity contribution in [1.82, 2.24) is 4.90 Å². The lowest BCUT2D eigenvalue weighted by Crippen LogP contribution is -2.46. The van der Waals surface area contributed by atoms with Crippen LogP contribution in [-0.2, 0) is 26.0 Å². The van der Waals surface area contributed by atoms with Gasteiger partial charge in [0.05, 0.1) is 17.0 Å². The average Bonchev–Trinajstić information content (AvgIpc) is 3.13. The molecule has 3 amide bonds. The molecule has 1 unspecified atom stereocenters. The van der Waals surface area contributed by atoms with Crippen molar-refractivity contribution in [2.45, 2.75) is 37.6 Å². The summed E-state index contributed by atoms with van der Waals surface area (Å²) in [4.78, 5) is 42.4. The maximum atomic E-state index is 13.5. The van der Waals surface area contributed by atoms with Crippen LogP contribution >= 0.6 is 0 Å². The van der Waals surface area contributed by atoms with E-state index in [1.165, 1.54) is 17.0 Å². The third-order valence-corrected chi connectivity index (χ3v) is 7.17. The first-order valence-corrected chi connectivity index (χ1v) is 13.0. The number of rotatable bonds is 7. The van der Waals surface area contributed by atoms with E-state index in [9.17, 15) is 22.8 Å². The summed E-state index contributed by atoms with van der Waals surface area (Å²) >= 11 is 0. The Morgan fingerprint density at radius 3 is 2.03 bits per heavy atom. The second-order valence-corrected chi connectivity index (χ2v) is 10.5. The van der Waals surface area contributed by atoms with Gasteiger partial charge >= 0.3 is 0 Å². The van der Waals surface area contributed by atoms with Crippen molar-refractivity contribution < 1.29 is 22.8 Å². The number of amides is 3. The first-order chi connectivity index (χ1) is 17.0. The highest BCUT2D eigenvalue weighted by atomic mass is 32.2. The van der Waals surface area contributed by atoms with Crippen LogP contribution in [0.2, 0.25) is 0 Å². The molecule has 1 heterocycles. The molecule has 1 fully saturated rings. The summed E-state index contributed by atoms with van der Waals surface area (Å²) in [6, 6.07) is 19.2. The second kappa shape index (κ2) is 10.0. The molecule has 0 aromatic heterocycles. The summed E-state index contributed by atoms with van der Waals surface area (Å²) in [5.41, 5.74) is 3.64. The average molecular weight is 506 g/mol. The van der Waals surface area contributed by atoms with Gasteiger partial charge in [0, 0.05) is 12.1 Å². The van der Waals surface area contributed by atoms with Gasteiger partial charge in [-0.1, -0.05) is 47.5 Å². The Kier molecular flexibility index (Phi) is 7.05. The zero-order valence-corrected chi connectivity index (χ0v) is 20.9. The van der Waals surface area contributed by atoms with Crippen molar-refractivity contribution in [3.8, 4) is 0 Å². The van der Waals surface area contributed by atoms with Crippen molar-refractivity contribution >= 4 is 33.4 Å². The monoisotopic (exact) mass is 505 g/mol. The first-order valence-electron chi connectivity index (χ1n) is 11.5. The van der Waals surface area contributed by atoms with E-state index in [-0.39, 0.29) is 29.7 Å². The molecule has 0 aliphatic carbocycles. The molecule has 8 nitrogen and oxygen atoms in total. The minimum Gasteiger partial charge on any atom is -0.326 e. The SMILES string of the molecule is Cc1ccc(C(=O)N(CCc2ccc(S(N)(=O)=O)cc2)C2CC(=O)N(c3ccc(C)cc3)C2=O)cc1. The topological polar surface area (TPSA) is 118 Å². The Hall–Kier alpha value is -3.82. The summed E-state index contributed by atoms with van der Waals surface area (Å²) in [6.45, 7) is 3.99. The smallest absolute Gasteiger partial charge is 0.257 e. The van der Waals surface area contributed by atoms with E-state index in [4.69, 9.17) is 5.14 Å². The van der Waals surface area contributed by atoms with Crippen molar-refractivity contribution in [3.05, 3.63) is 95.1 Å². The number of anilines is 1. The highest BCUT2D eigenvalue weighted by molar-refractivity contribution is 7.89. The van der Waals surface area contributed by atoms with Crippen molar-refractivity contribution in [2.75, 3.05) is 11.4 Å². The van der Waals surface area contributed by atoms with Gasteiger partial charge in [0.15, 0.2) is 0 Å². The number of nitrogens with two attached hydrogens (primary N) is 1. The van der Waals surface area contributed by atoms with Crippen molar-refractivity contribution in [1.29, 1.82) is 0 Å². The summed E-state index contributed by atoms with van der Waals surface area (Å²) in [5.74, 6) is -1.17. The fourth-order valence-corrected chi connectivity index (χ4v) is 4.70. The fraction of sp³-hybridized carbons (Fsp3) is 0.222. The number of benzene rings is 3. The minimum absolute atomic E-state index is 0.0101. The quantitative estimate of drug-likeness (QED) is 0.496. The first kappa shape index (κ1) is 25.3. The van der Waals surface area contributed by atoms with Crippen LogP contribution in [0.15, 0.2) is 77.7 Å². The van der Waals surface area contributed by atoms with Gasteiger partial charge in [0.25, 0.3) is 11.8 Å². The second-order valence-electron chi connectivity index (χ2n) is 8.93. The van der Waals surface area contributed by atoms with Crippen LogP contribution in [0.3, 0.4) is 0 Å². The molecule has 3 aromatic rings. The van der Waals surface area contributed by atoms with Crippen LogP contribution < -0.4 is 10.0 Å². The number of aryl methyl sites for hydroxylation is 2. The number of hydrogen-bond acceptors (Lipinski definition) is 5. The van der Waals surface area contributed by atoms with Gasteiger partial charge in [-0.3, -0.25) is 14.4 Å². The molecule has 0 bridgehead atoms. The van der Waals surface area contributed by atoms with Crippen LogP contribution in [0.1, 0.15) is 33.5 Å². The van der Waals surface area contributed by atoms with Gasteiger partial charge in [0.1, 0.15) is 6.04 Å². The molecule has 0 spiro atoms. The van der Waals surface area contributed by atoms with Crippen molar-refractivity contribution in [2.24, 2.45) is 5.14 Å². The largest absolute Gasteiger partial charge is 0.326 e. The Morgan fingerprint density at radius 2 is 1.47 bits per heavy atom. The predicted octanol–water partition coefficient (Wildman–Crippen LogP) is 2.97. The summed E-state index contributed by atoms with van der Waals surface area (Å²) in [5, 5.41) is 5.17. The van der Waals surface area contributed by atoms with Crippen LogP contribution in [0, 0.1) is 13.8 Å². The lowest BCUT2D eigenvalue weighted by Gasteiger charge is -2.28. The van der Waals surface area contributed by atoms with Gasteiger partial charge in [-0.25, -0.2) is 18.5 Å². The van der Waals surface area contributed by atoms with Gasteiger partial charge in [-0.2, -0.15) is 0 Å². The number of nitrogens with zero attached hydrogens (tertiary/aromatic N) is 2. The number of imide groups is 1. The molecular formula is C27H27N3O5S. The zero-order valence-electron chi connectivity index (χ0n) is 20.0. The molecule has 0 saturated carbocycles. The molecular weight excluding hydrogens is 478 g/mol. The summed E-state index contributed by atoms with van der Waals surface area (Å²) in [7, 11) is -3.82. The zero-order chi connectivity index (χ0) is 26.0. The lowest BCUT2D eigenvalue weighted by molar-refractivity contribution is -0.122. The van der Waals surface area contributed by atoms with E-state index >= 15 is 0 Å². The van der Waals surface area contributed by atoms with E-state index in [0.717, 1.165) is 21.6 Å². The maximum absolute atomic E-state index is 13.5. The van der Waals surface area contributed by atoms with Crippen LogP contribution in [-0.4, -0.2) is 43.6 Å². The minimum atomic E-state index is -3.82. The highest BCUT2D eigenvalue weighted by Crippen LogP contribution is 2.27. The Labute approximate surface area is 210 Å². The summed E-state index contributed by atoms with van der Waals surface area (Å²) < 4.78 is 23.1. The molecule has 186 valence electrons. The Bertz CT molecular complexity index is 1400. The lowest BCUT2D eigenvalue weighted by atomic mass is 10.1. The van der Waals surface area contributed by atoms with E-state index < -0.39 is 22.0 Å². The third-order valence-electron chi connectivity index (χ3n) is 6.24. The standard InChI is InChI=1S/C27H27N3O5S/c1-18-3-9-21(10-4-18)26(32)29(16-15-20-7-13-23(14-8-20)36(28,34)35)24-17-25(31)30(27(24)33)22-11-5-19(2)6-12-22/h3-14,24H,15-17H2,1-2H3,(H2,28,34,35). The summed E-state index contributed by atoms with van der Waals surface area (Å²) in [6.07, 6.45) is 0.236. The van der Waals surface area contributed by atoms with E-state index in [0.29, 0.717) is 17.7 Å². The van der Waals surface area contributed by atoms with Gasteiger partial charge in [-0.15, -0.1) is 0 Å². The van der Waals surface area contributed by atoms with E-state index in [1.807, 2.05) is 38.1 Å². The number of hydrogen-bond donors (Lipinski definition) is 1. The molecule has 3 aromatic carbocycles. The van der Waals surface area contributed by atoms with E-state index in [1.54, 1.807) is 36.4 Å². The van der Waals surface area contributed by atoms with Crippen LogP contribution in [0.5, 0.6) is 0 Å². The van der Waals surface area contributed by atoms with Crippen molar-refractivity contribution in [3.63, 3.8) is 0 Å². The molecule has 1 aliphatic rings. The molecule has 1 atom stereocenters. The molecule has 4 rings (SSSR count). The number of primary sulfonamides is 1. The number of carbonyl (C=O) groups is 3. The molecule has 1 aliphatic heterocycles. The molecule has 9 heteroatoms. The van der Waals surface area contributed by atoms with Gasteiger partial charge in [-0.05, 0) is 62.2 Å². The molecule has 2 N–H and O–H groups in total. The van der Waals surface area contributed by atoms with Gasteiger partial charge < -0.3 is 4.90 Å². The normalized spacial score (nSPS) is 15.9.